The molecule has 3 nitrogen and oxygen atoms in total. The van der Waals surface area contributed by atoms with E-state index in [1.807, 2.05) is 48.1 Å². The smallest absolute Gasteiger partial charge is 0.0840 e. The van der Waals surface area contributed by atoms with Crippen molar-refractivity contribution in [3.8, 4) is 5.69 Å². The number of rotatable bonds is 6. The van der Waals surface area contributed by atoms with Gasteiger partial charge in [-0.05, 0) is 38.1 Å². The maximum atomic E-state index is 4.65. The summed E-state index contributed by atoms with van der Waals surface area (Å²) < 4.78 is 1.90. The van der Waals surface area contributed by atoms with Crippen LogP contribution in [-0.2, 0) is 0 Å². The molecule has 0 aliphatic heterocycles. The zero-order chi connectivity index (χ0) is 13.7. The maximum absolute atomic E-state index is 4.65. The summed E-state index contributed by atoms with van der Waals surface area (Å²) >= 11 is 0. The second-order valence-electron chi connectivity index (χ2n) is 4.75. The number of nitrogens with one attached hydrogen (secondary N) is 1. The van der Waals surface area contributed by atoms with Crippen molar-refractivity contribution in [2.45, 2.75) is 26.3 Å². The van der Waals surface area contributed by atoms with E-state index in [9.17, 15) is 0 Å². The van der Waals surface area contributed by atoms with Crippen LogP contribution >= 0.6 is 0 Å². The molecule has 0 amide bonds. The average molecular weight is 255 g/mol. The summed E-state index contributed by atoms with van der Waals surface area (Å²) in [5.41, 5.74) is 3.18. The zero-order valence-electron chi connectivity index (χ0n) is 11.6. The van der Waals surface area contributed by atoms with Gasteiger partial charge >= 0.3 is 0 Å². The fourth-order valence-electron chi connectivity index (χ4n) is 2.04. The fraction of sp³-hybridized carbons (Fsp3) is 0.312. The highest BCUT2D eigenvalue weighted by Crippen LogP contribution is 2.19. The van der Waals surface area contributed by atoms with Crippen molar-refractivity contribution in [2.24, 2.45) is 0 Å². The minimum Gasteiger partial charge on any atom is -0.305 e. The van der Waals surface area contributed by atoms with Crippen LogP contribution in [0.25, 0.3) is 5.69 Å². The molecule has 3 heteroatoms. The van der Waals surface area contributed by atoms with E-state index in [4.69, 9.17) is 0 Å². The summed E-state index contributed by atoms with van der Waals surface area (Å²) in [6.07, 6.45) is 3.09. The number of aromatic nitrogens is 2. The summed E-state index contributed by atoms with van der Waals surface area (Å²) in [5.74, 6) is 0. The third-order valence-corrected chi connectivity index (χ3v) is 3.02. The Morgan fingerprint density at radius 1 is 1.32 bits per heavy atom. The molecule has 1 heterocycles. The highest BCUT2D eigenvalue weighted by Gasteiger charge is 2.14. The highest BCUT2D eigenvalue weighted by atomic mass is 15.3. The normalized spacial score (nSPS) is 12.3. The Labute approximate surface area is 115 Å². The number of benzene rings is 1. The molecule has 0 bridgehead atoms. The Balaban J connectivity index is 2.21. The molecule has 19 heavy (non-hydrogen) atoms. The Bertz CT molecular complexity index is 528. The molecule has 100 valence electrons. The van der Waals surface area contributed by atoms with Gasteiger partial charge in [0.1, 0.15) is 0 Å². The zero-order valence-corrected chi connectivity index (χ0v) is 11.6. The van der Waals surface area contributed by atoms with E-state index in [2.05, 4.69) is 30.0 Å². The molecule has 1 unspecified atom stereocenters. The van der Waals surface area contributed by atoms with Crippen molar-refractivity contribution in [3.63, 3.8) is 0 Å². The van der Waals surface area contributed by atoms with Crippen LogP contribution in [0, 0.1) is 0 Å². The lowest BCUT2D eigenvalue weighted by Gasteiger charge is -2.16. The van der Waals surface area contributed by atoms with Crippen LogP contribution in [-0.4, -0.2) is 16.3 Å². The molecule has 0 radical (unpaired) electrons. The van der Waals surface area contributed by atoms with Crippen LogP contribution in [0.3, 0.4) is 0 Å². The predicted molar refractivity (Wildman–Crippen MR) is 79.4 cm³/mol. The Kier molecular flexibility index (Phi) is 4.53. The number of hydrogen-bond acceptors (Lipinski definition) is 2. The molecule has 1 atom stereocenters. The molecule has 1 aromatic carbocycles. The first-order chi connectivity index (χ1) is 9.22. The molecule has 0 spiro atoms. The Hall–Kier alpha value is -1.87. The van der Waals surface area contributed by atoms with Gasteiger partial charge in [-0.25, -0.2) is 4.68 Å². The molecule has 1 N–H and O–H groups in total. The topological polar surface area (TPSA) is 29.9 Å². The van der Waals surface area contributed by atoms with Crippen molar-refractivity contribution in [1.29, 1.82) is 0 Å². The minimum absolute atomic E-state index is 0.130. The van der Waals surface area contributed by atoms with Crippen molar-refractivity contribution in [3.05, 3.63) is 60.4 Å². The third kappa shape index (κ3) is 3.32. The summed E-state index contributed by atoms with van der Waals surface area (Å²) in [7, 11) is 0. The van der Waals surface area contributed by atoms with E-state index < -0.39 is 0 Å². The lowest BCUT2D eigenvalue weighted by Crippen LogP contribution is -2.23. The van der Waals surface area contributed by atoms with Crippen molar-refractivity contribution in [1.82, 2.24) is 15.1 Å². The van der Waals surface area contributed by atoms with Crippen LogP contribution < -0.4 is 5.32 Å². The van der Waals surface area contributed by atoms with E-state index in [0.29, 0.717) is 0 Å². The van der Waals surface area contributed by atoms with Gasteiger partial charge in [0.2, 0.25) is 0 Å². The lowest BCUT2D eigenvalue weighted by atomic mass is 10.1. The van der Waals surface area contributed by atoms with Crippen molar-refractivity contribution < 1.29 is 0 Å². The number of nitrogens with zero attached hydrogens (tertiary/aromatic N) is 2. The molecular formula is C16H21N3. The van der Waals surface area contributed by atoms with Crippen molar-refractivity contribution in [2.75, 3.05) is 6.54 Å². The van der Waals surface area contributed by atoms with Crippen molar-refractivity contribution >= 4 is 0 Å². The predicted octanol–water partition coefficient (Wildman–Crippen LogP) is 3.49. The standard InChI is InChI=1S/C16H21N3/c1-4-11-17-16(13(2)3)15-10-12-19(18-15)14-8-6-5-7-9-14/h5-10,12,16-17H,2,4,11H2,1,3H3. The molecule has 2 rings (SSSR count). The van der Waals surface area contributed by atoms with E-state index in [1.54, 1.807) is 0 Å². The van der Waals surface area contributed by atoms with Gasteiger partial charge in [0.25, 0.3) is 0 Å². The monoisotopic (exact) mass is 255 g/mol. The molecule has 0 saturated carbocycles. The van der Waals surface area contributed by atoms with Crippen LogP contribution in [0.2, 0.25) is 0 Å². The molecule has 0 fully saturated rings. The average Bonchev–Trinajstić information content (AvgIpc) is 2.89. The molecule has 2 aromatic rings. The highest BCUT2D eigenvalue weighted by molar-refractivity contribution is 5.31. The van der Waals surface area contributed by atoms with E-state index in [1.165, 1.54) is 0 Å². The van der Waals surface area contributed by atoms with Gasteiger partial charge in [-0.3, -0.25) is 0 Å². The SMILES string of the molecule is C=C(C)C(NCCC)c1ccn(-c2ccccc2)n1. The largest absolute Gasteiger partial charge is 0.305 e. The summed E-state index contributed by atoms with van der Waals surface area (Å²) in [6, 6.07) is 12.3. The first kappa shape index (κ1) is 13.6. The third-order valence-electron chi connectivity index (χ3n) is 3.02. The summed E-state index contributed by atoms with van der Waals surface area (Å²) in [5, 5.41) is 8.12. The van der Waals surface area contributed by atoms with Gasteiger partial charge in [-0.2, -0.15) is 5.10 Å². The minimum atomic E-state index is 0.130. The second-order valence-corrected chi connectivity index (χ2v) is 4.75. The Morgan fingerprint density at radius 2 is 2.05 bits per heavy atom. The lowest BCUT2D eigenvalue weighted by molar-refractivity contribution is 0.573. The van der Waals surface area contributed by atoms with Gasteiger partial charge in [-0.15, -0.1) is 0 Å². The number of hydrogen-bond donors (Lipinski definition) is 1. The molecule has 0 saturated heterocycles. The van der Waals surface area contributed by atoms with E-state index in [-0.39, 0.29) is 6.04 Å². The number of para-hydroxylation sites is 1. The van der Waals surface area contributed by atoms with Crippen LogP contribution in [0.15, 0.2) is 54.7 Å². The second kappa shape index (κ2) is 6.34. The quantitative estimate of drug-likeness (QED) is 0.801. The van der Waals surface area contributed by atoms with E-state index >= 15 is 0 Å². The van der Waals surface area contributed by atoms with Gasteiger partial charge in [0.15, 0.2) is 0 Å². The van der Waals surface area contributed by atoms with E-state index in [0.717, 1.165) is 29.9 Å². The molecule has 1 aromatic heterocycles. The Morgan fingerprint density at radius 3 is 2.68 bits per heavy atom. The fourth-order valence-corrected chi connectivity index (χ4v) is 2.04. The van der Waals surface area contributed by atoms with Gasteiger partial charge in [0, 0.05) is 6.20 Å². The molecular weight excluding hydrogens is 234 g/mol. The summed E-state index contributed by atoms with van der Waals surface area (Å²) in [6.45, 7) is 9.22. The van der Waals surface area contributed by atoms with Gasteiger partial charge in [-0.1, -0.05) is 37.3 Å². The van der Waals surface area contributed by atoms with Crippen LogP contribution in [0.1, 0.15) is 32.0 Å². The molecule has 0 aliphatic rings. The summed E-state index contributed by atoms with van der Waals surface area (Å²) in [4.78, 5) is 0. The first-order valence-electron chi connectivity index (χ1n) is 6.72. The van der Waals surface area contributed by atoms with Gasteiger partial charge in [0.05, 0.1) is 17.4 Å². The first-order valence-corrected chi connectivity index (χ1v) is 6.72. The molecule has 0 aliphatic carbocycles. The van der Waals surface area contributed by atoms with Gasteiger partial charge < -0.3 is 5.32 Å². The van der Waals surface area contributed by atoms with Crippen LogP contribution in [0.4, 0.5) is 0 Å². The van der Waals surface area contributed by atoms with Crippen LogP contribution in [0.5, 0.6) is 0 Å². The maximum Gasteiger partial charge on any atom is 0.0840 e.